The lowest BCUT2D eigenvalue weighted by Crippen LogP contribution is -2.25. The Balaban J connectivity index is 2.24. The maximum absolute atomic E-state index is 4.44. The van der Waals surface area contributed by atoms with E-state index in [2.05, 4.69) is 60.2 Å². The van der Waals surface area contributed by atoms with Crippen LogP contribution in [-0.4, -0.2) is 18.1 Å². The van der Waals surface area contributed by atoms with Gasteiger partial charge in [0.15, 0.2) is 0 Å². The monoisotopic (exact) mass is 283 g/mol. The molecule has 0 aliphatic rings. The third-order valence-corrected chi connectivity index (χ3v) is 3.60. The molecule has 0 aliphatic carbocycles. The molecule has 0 radical (unpaired) electrons. The van der Waals surface area contributed by atoms with Crippen molar-refractivity contribution in [1.82, 2.24) is 10.3 Å². The minimum absolute atomic E-state index is 0.847. The summed E-state index contributed by atoms with van der Waals surface area (Å²) in [6.45, 7) is 10.2. The highest BCUT2D eigenvalue weighted by Crippen LogP contribution is 2.23. The Labute approximate surface area is 128 Å². The van der Waals surface area contributed by atoms with Crippen LogP contribution in [0.3, 0.4) is 0 Å². The zero-order chi connectivity index (χ0) is 15.1. The van der Waals surface area contributed by atoms with Crippen molar-refractivity contribution in [2.75, 3.05) is 18.0 Å². The molecule has 3 nitrogen and oxygen atoms in total. The lowest BCUT2D eigenvalue weighted by molar-refractivity contribution is 0.717. The second-order valence-electron chi connectivity index (χ2n) is 5.25. The molecule has 1 aromatic carbocycles. The van der Waals surface area contributed by atoms with Gasteiger partial charge in [0.25, 0.3) is 0 Å². The Morgan fingerprint density at radius 1 is 1.14 bits per heavy atom. The van der Waals surface area contributed by atoms with E-state index in [9.17, 15) is 0 Å². The molecule has 112 valence electrons. The van der Waals surface area contributed by atoms with Gasteiger partial charge in [-0.3, -0.25) is 4.98 Å². The number of aryl methyl sites for hydroxylation is 1. The number of nitrogens with one attached hydrogen (secondary N) is 1. The average Bonchev–Trinajstić information content (AvgIpc) is 2.52. The first-order valence-electron chi connectivity index (χ1n) is 7.69. The van der Waals surface area contributed by atoms with Gasteiger partial charge in [-0.1, -0.05) is 30.7 Å². The van der Waals surface area contributed by atoms with Crippen molar-refractivity contribution >= 4 is 5.69 Å². The van der Waals surface area contributed by atoms with Crippen LogP contribution in [0.2, 0.25) is 0 Å². The standard InChI is InChI=1S/C18H25N3/c1-4-19-13-16-12-15(3)9-10-18(16)21(5-2)14-17-8-6-7-11-20-17/h6-12,19H,4-5,13-14H2,1-3H3. The molecule has 0 saturated carbocycles. The average molecular weight is 283 g/mol. The summed E-state index contributed by atoms with van der Waals surface area (Å²) in [5, 5.41) is 3.43. The molecule has 2 rings (SSSR count). The molecule has 0 unspecified atom stereocenters. The van der Waals surface area contributed by atoms with Gasteiger partial charge >= 0.3 is 0 Å². The Hall–Kier alpha value is -1.87. The zero-order valence-corrected chi connectivity index (χ0v) is 13.3. The van der Waals surface area contributed by atoms with E-state index >= 15 is 0 Å². The SMILES string of the molecule is CCNCc1cc(C)ccc1N(CC)Cc1ccccn1. The molecule has 0 bridgehead atoms. The van der Waals surface area contributed by atoms with E-state index in [0.717, 1.165) is 31.9 Å². The fraction of sp³-hybridized carbons (Fsp3) is 0.389. The summed E-state index contributed by atoms with van der Waals surface area (Å²) >= 11 is 0. The number of hydrogen-bond acceptors (Lipinski definition) is 3. The van der Waals surface area contributed by atoms with Crippen molar-refractivity contribution in [2.24, 2.45) is 0 Å². The topological polar surface area (TPSA) is 28.2 Å². The molecule has 1 aromatic heterocycles. The molecule has 0 atom stereocenters. The second kappa shape index (κ2) is 7.79. The molecule has 0 saturated heterocycles. The molecular formula is C18H25N3. The van der Waals surface area contributed by atoms with Gasteiger partial charge in [-0.15, -0.1) is 0 Å². The summed E-state index contributed by atoms with van der Waals surface area (Å²) in [5.41, 5.74) is 5.07. The highest BCUT2D eigenvalue weighted by molar-refractivity contribution is 5.55. The number of benzene rings is 1. The Morgan fingerprint density at radius 3 is 2.67 bits per heavy atom. The fourth-order valence-corrected chi connectivity index (χ4v) is 2.48. The van der Waals surface area contributed by atoms with E-state index in [1.54, 1.807) is 0 Å². The van der Waals surface area contributed by atoms with Crippen LogP contribution in [0.1, 0.15) is 30.7 Å². The van der Waals surface area contributed by atoms with Crippen molar-refractivity contribution in [3.63, 3.8) is 0 Å². The molecule has 21 heavy (non-hydrogen) atoms. The number of aromatic nitrogens is 1. The first-order chi connectivity index (χ1) is 10.2. The van der Waals surface area contributed by atoms with E-state index in [0.29, 0.717) is 0 Å². The van der Waals surface area contributed by atoms with Crippen molar-refractivity contribution in [3.05, 3.63) is 59.4 Å². The maximum Gasteiger partial charge on any atom is 0.0602 e. The first kappa shape index (κ1) is 15.5. The molecule has 0 amide bonds. The summed E-state index contributed by atoms with van der Waals surface area (Å²) < 4.78 is 0. The minimum atomic E-state index is 0.847. The molecular weight excluding hydrogens is 258 g/mol. The van der Waals surface area contributed by atoms with Crippen LogP contribution in [0.25, 0.3) is 0 Å². The van der Waals surface area contributed by atoms with Crippen LogP contribution in [0, 0.1) is 6.92 Å². The molecule has 0 spiro atoms. The lowest BCUT2D eigenvalue weighted by atomic mass is 10.1. The summed E-state index contributed by atoms with van der Waals surface area (Å²) in [6, 6.07) is 12.8. The van der Waals surface area contributed by atoms with Gasteiger partial charge in [0, 0.05) is 25.0 Å². The van der Waals surface area contributed by atoms with Crippen LogP contribution in [0.15, 0.2) is 42.6 Å². The Morgan fingerprint density at radius 2 is 2.00 bits per heavy atom. The fourth-order valence-electron chi connectivity index (χ4n) is 2.48. The van der Waals surface area contributed by atoms with Gasteiger partial charge in [-0.2, -0.15) is 0 Å². The highest BCUT2D eigenvalue weighted by atomic mass is 15.1. The molecule has 1 heterocycles. The number of hydrogen-bond donors (Lipinski definition) is 1. The van der Waals surface area contributed by atoms with E-state index in [1.807, 2.05) is 18.3 Å². The van der Waals surface area contributed by atoms with Gasteiger partial charge in [0.05, 0.1) is 12.2 Å². The van der Waals surface area contributed by atoms with Gasteiger partial charge < -0.3 is 10.2 Å². The Bertz CT molecular complexity index is 552. The molecule has 3 heteroatoms. The number of pyridine rings is 1. The minimum Gasteiger partial charge on any atom is -0.366 e. The van der Waals surface area contributed by atoms with E-state index < -0.39 is 0 Å². The Kier molecular flexibility index (Phi) is 5.76. The summed E-state index contributed by atoms with van der Waals surface area (Å²) in [7, 11) is 0. The predicted molar refractivity (Wildman–Crippen MR) is 89.5 cm³/mol. The molecule has 2 aromatic rings. The van der Waals surface area contributed by atoms with Crippen molar-refractivity contribution in [3.8, 4) is 0 Å². The van der Waals surface area contributed by atoms with Crippen LogP contribution in [0.4, 0.5) is 5.69 Å². The predicted octanol–water partition coefficient (Wildman–Crippen LogP) is 3.53. The number of anilines is 1. The lowest BCUT2D eigenvalue weighted by Gasteiger charge is -2.26. The van der Waals surface area contributed by atoms with E-state index in [-0.39, 0.29) is 0 Å². The van der Waals surface area contributed by atoms with Crippen molar-refractivity contribution < 1.29 is 0 Å². The van der Waals surface area contributed by atoms with Gasteiger partial charge in [0.2, 0.25) is 0 Å². The quantitative estimate of drug-likeness (QED) is 0.842. The number of nitrogens with zero attached hydrogens (tertiary/aromatic N) is 2. The second-order valence-corrected chi connectivity index (χ2v) is 5.25. The normalized spacial score (nSPS) is 10.6. The van der Waals surface area contributed by atoms with E-state index in [4.69, 9.17) is 0 Å². The third-order valence-electron chi connectivity index (χ3n) is 3.60. The molecule has 0 aliphatic heterocycles. The molecule has 0 fully saturated rings. The van der Waals surface area contributed by atoms with Gasteiger partial charge in [0.1, 0.15) is 0 Å². The van der Waals surface area contributed by atoms with Crippen molar-refractivity contribution in [2.45, 2.75) is 33.9 Å². The van der Waals surface area contributed by atoms with E-state index in [1.165, 1.54) is 16.8 Å². The van der Waals surface area contributed by atoms with Crippen LogP contribution >= 0.6 is 0 Å². The first-order valence-corrected chi connectivity index (χ1v) is 7.69. The van der Waals surface area contributed by atoms with Crippen LogP contribution < -0.4 is 10.2 Å². The summed E-state index contributed by atoms with van der Waals surface area (Å²) in [5.74, 6) is 0. The van der Waals surface area contributed by atoms with Gasteiger partial charge in [-0.05, 0) is 44.2 Å². The largest absolute Gasteiger partial charge is 0.366 e. The van der Waals surface area contributed by atoms with Crippen LogP contribution in [-0.2, 0) is 13.1 Å². The summed E-state index contributed by atoms with van der Waals surface area (Å²) in [4.78, 5) is 6.83. The third kappa shape index (κ3) is 4.30. The molecule has 1 N–H and O–H groups in total. The zero-order valence-electron chi connectivity index (χ0n) is 13.3. The van der Waals surface area contributed by atoms with Gasteiger partial charge in [-0.25, -0.2) is 0 Å². The maximum atomic E-state index is 4.44. The highest BCUT2D eigenvalue weighted by Gasteiger charge is 2.11. The summed E-state index contributed by atoms with van der Waals surface area (Å²) in [6.07, 6.45) is 1.86. The smallest absolute Gasteiger partial charge is 0.0602 e. The van der Waals surface area contributed by atoms with Crippen LogP contribution in [0.5, 0.6) is 0 Å². The number of rotatable bonds is 7. The van der Waals surface area contributed by atoms with Crippen molar-refractivity contribution in [1.29, 1.82) is 0 Å².